The molecule has 2 aromatic carbocycles. The van der Waals surface area contributed by atoms with Crippen molar-refractivity contribution in [2.24, 2.45) is 11.7 Å². The molecule has 3 aliphatic rings. The van der Waals surface area contributed by atoms with Gasteiger partial charge in [-0.3, -0.25) is 14.0 Å². The highest BCUT2D eigenvalue weighted by molar-refractivity contribution is 8.04. The summed E-state index contributed by atoms with van der Waals surface area (Å²) in [5.74, 6) is -2.50. The summed E-state index contributed by atoms with van der Waals surface area (Å²) in [5, 5.41) is 20.4. The molecule has 3 atom stereocenters. The van der Waals surface area contributed by atoms with Crippen LogP contribution >= 0.6 is 11.8 Å². The fourth-order valence-corrected chi connectivity index (χ4v) is 7.88. The van der Waals surface area contributed by atoms with E-state index in [1.807, 2.05) is 12.1 Å². The number of thioether (sulfide) groups is 1. The molecule has 1 saturated heterocycles. The number of β-lactam (4-membered cyclic amide) rings is 1. The third kappa shape index (κ3) is 2.67. The number of hydrogen-bond donors (Lipinski definition) is 3. The Balaban J connectivity index is 1.59. The molecule has 0 aliphatic carbocycles. The number of hydrogen-bond acceptors (Lipinski definition) is 7. The minimum Gasteiger partial charge on any atom is -0.477 e. The molecule has 5 rings (SSSR count). The predicted octanol–water partition coefficient (Wildman–Crippen LogP) is 1.02. The average molecular weight is 462 g/mol. The van der Waals surface area contributed by atoms with E-state index >= 15 is 0 Å². The molecule has 0 unspecified atom stereocenters. The molecule has 3 heterocycles. The molecule has 1 fully saturated rings. The lowest BCUT2D eigenvalue weighted by Gasteiger charge is -2.43. The first-order chi connectivity index (χ1) is 14.7. The highest BCUT2D eigenvalue weighted by atomic mass is 32.2. The number of aliphatic hydroxyl groups excluding tert-OH is 1. The Hall–Kier alpha value is -2.60. The second kappa shape index (κ2) is 6.70. The zero-order valence-electron chi connectivity index (χ0n) is 16.3. The Morgan fingerprint density at radius 3 is 2.71 bits per heavy atom. The Morgan fingerprint density at radius 1 is 1.32 bits per heavy atom. The van der Waals surface area contributed by atoms with E-state index < -0.39 is 39.3 Å². The van der Waals surface area contributed by atoms with E-state index in [0.29, 0.717) is 16.6 Å². The van der Waals surface area contributed by atoms with Crippen molar-refractivity contribution in [3.8, 4) is 0 Å². The zero-order valence-corrected chi connectivity index (χ0v) is 18.0. The van der Waals surface area contributed by atoms with Crippen LogP contribution in [0.3, 0.4) is 0 Å². The van der Waals surface area contributed by atoms with Crippen molar-refractivity contribution in [2.75, 3.05) is 10.8 Å². The summed E-state index contributed by atoms with van der Waals surface area (Å²) in [6, 6.07) is 8.62. The summed E-state index contributed by atoms with van der Waals surface area (Å²) in [6.45, 7) is 1.45. The molecule has 0 saturated carbocycles. The van der Waals surface area contributed by atoms with Crippen molar-refractivity contribution >= 4 is 50.1 Å². The van der Waals surface area contributed by atoms with Gasteiger partial charge in [-0.25, -0.2) is 13.2 Å². The van der Waals surface area contributed by atoms with Crippen LogP contribution in [0.15, 0.2) is 45.8 Å². The maximum Gasteiger partial charge on any atom is 0.353 e. The Morgan fingerprint density at radius 2 is 2.06 bits per heavy atom. The monoisotopic (exact) mass is 461 g/mol. The molecule has 2 aromatic rings. The normalized spacial score (nSPS) is 24.5. The van der Waals surface area contributed by atoms with Gasteiger partial charge in [-0.15, -0.1) is 0 Å². The zero-order chi connectivity index (χ0) is 22.2. The van der Waals surface area contributed by atoms with E-state index in [1.165, 1.54) is 11.2 Å². The van der Waals surface area contributed by atoms with Gasteiger partial charge < -0.3 is 15.9 Å². The van der Waals surface area contributed by atoms with E-state index in [9.17, 15) is 28.2 Å². The third-order valence-electron chi connectivity index (χ3n) is 5.91. The first kappa shape index (κ1) is 20.3. The number of aliphatic carboxylic acids is 1. The largest absolute Gasteiger partial charge is 0.477 e. The van der Waals surface area contributed by atoms with Crippen LogP contribution in [-0.4, -0.2) is 53.4 Å². The van der Waals surface area contributed by atoms with Crippen LogP contribution in [0.25, 0.3) is 10.8 Å². The third-order valence-corrected chi connectivity index (χ3v) is 9.05. The fraction of sp³-hybridized carbons (Fsp3) is 0.300. The number of carboxylic acids is 1. The van der Waals surface area contributed by atoms with Gasteiger partial charge in [-0.05, 0) is 36.1 Å². The summed E-state index contributed by atoms with van der Waals surface area (Å²) in [4.78, 5) is 25.9. The van der Waals surface area contributed by atoms with Gasteiger partial charge >= 0.3 is 5.97 Å². The van der Waals surface area contributed by atoms with Crippen LogP contribution < -0.4 is 10.0 Å². The quantitative estimate of drug-likeness (QED) is 0.561. The molecular formula is C20H19N3O6S2. The minimum atomic E-state index is -3.94. The highest BCUT2D eigenvalue weighted by Gasteiger charge is 2.58. The van der Waals surface area contributed by atoms with Crippen LogP contribution in [0.5, 0.6) is 0 Å². The molecule has 0 aromatic heterocycles. The van der Waals surface area contributed by atoms with Crippen molar-refractivity contribution in [1.82, 2.24) is 4.90 Å². The van der Waals surface area contributed by atoms with Crippen LogP contribution in [0.1, 0.15) is 12.5 Å². The first-order valence-electron chi connectivity index (χ1n) is 9.59. The molecule has 31 heavy (non-hydrogen) atoms. The van der Waals surface area contributed by atoms with Crippen molar-refractivity contribution in [2.45, 2.75) is 29.8 Å². The molecule has 1 amide bonds. The number of nitrogens with zero attached hydrogens (tertiary/aromatic N) is 2. The molecular weight excluding hydrogens is 442 g/mol. The number of carbonyl (C=O) groups excluding carboxylic acids is 1. The van der Waals surface area contributed by atoms with Gasteiger partial charge in [0.2, 0.25) is 5.91 Å². The van der Waals surface area contributed by atoms with Crippen molar-refractivity contribution in [1.29, 1.82) is 0 Å². The fourth-order valence-electron chi connectivity index (χ4n) is 4.47. The van der Waals surface area contributed by atoms with E-state index in [1.54, 1.807) is 18.2 Å². The maximum atomic E-state index is 13.4. The number of anilines is 1. The van der Waals surface area contributed by atoms with E-state index in [0.717, 1.165) is 22.0 Å². The van der Waals surface area contributed by atoms with Crippen molar-refractivity contribution in [3.05, 3.63) is 46.5 Å². The second-order valence-corrected chi connectivity index (χ2v) is 10.8. The molecule has 11 heteroatoms. The number of carboxylic acid groups (broad SMARTS) is 1. The van der Waals surface area contributed by atoms with Crippen molar-refractivity contribution < 1.29 is 28.2 Å². The lowest BCUT2D eigenvalue weighted by Crippen LogP contribution is -2.60. The molecule has 162 valence electrons. The number of carbonyl (C=O) groups is 2. The van der Waals surface area contributed by atoms with Gasteiger partial charge in [0.05, 0.1) is 29.1 Å². The van der Waals surface area contributed by atoms with Crippen LogP contribution in [0, 0.1) is 5.92 Å². The van der Waals surface area contributed by atoms with Gasteiger partial charge in [0, 0.05) is 16.8 Å². The van der Waals surface area contributed by atoms with E-state index in [-0.39, 0.29) is 28.6 Å². The van der Waals surface area contributed by atoms with E-state index in [4.69, 9.17) is 5.73 Å². The van der Waals surface area contributed by atoms with Crippen LogP contribution in [-0.2, 0) is 26.2 Å². The summed E-state index contributed by atoms with van der Waals surface area (Å²) in [5.41, 5.74) is 6.65. The second-order valence-electron chi connectivity index (χ2n) is 7.74. The van der Waals surface area contributed by atoms with E-state index in [2.05, 4.69) is 0 Å². The Labute approximate surface area is 182 Å². The van der Waals surface area contributed by atoms with Gasteiger partial charge in [0.15, 0.2) is 0 Å². The lowest BCUT2D eigenvalue weighted by atomic mass is 9.92. The number of aliphatic hydroxyl groups is 1. The number of nitrogens with two attached hydrogens (primary N) is 1. The molecule has 0 radical (unpaired) electrons. The van der Waals surface area contributed by atoms with Crippen LogP contribution in [0.2, 0.25) is 0 Å². The summed E-state index contributed by atoms with van der Waals surface area (Å²) < 4.78 is 28.0. The molecule has 3 aliphatic heterocycles. The van der Waals surface area contributed by atoms with Gasteiger partial charge in [0.25, 0.3) is 10.0 Å². The topological polar surface area (TPSA) is 141 Å². The summed E-state index contributed by atoms with van der Waals surface area (Å²) in [6.07, 6.45) is -0.932. The molecule has 4 N–H and O–H groups in total. The SMILES string of the molecule is C[C@@H](O)[C@H]1C(=O)N2C(C(=O)O)=C(CN3c4cccc5cc(CN)cc(c45)S3(=O)=O)S[C@H]12. The smallest absolute Gasteiger partial charge is 0.353 e. The minimum absolute atomic E-state index is 0.141. The highest BCUT2D eigenvalue weighted by Crippen LogP contribution is 2.52. The number of benzene rings is 2. The number of amides is 1. The average Bonchev–Trinajstić information content (AvgIpc) is 3.14. The van der Waals surface area contributed by atoms with Gasteiger partial charge in [-0.2, -0.15) is 0 Å². The standard InChI is InChI=1S/C20H19N3O6S2/c1-9(24)15-18(25)23-17(20(26)27)13(30-19(15)23)8-22-12-4-2-3-11-5-10(7-21)6-14(16(11)12)31(22,28)29/h2-6,9,15,19,24H,7-8,21H2,1H3,(H,26,27)/t9-,15+,19-/m1/s1. The Bertz CT molecular complexity index is 1300. The summed E-state index contributed by atoms with van der Waals surface area (Å²) >= 11 is 1.12. The maximum absolute atomic E-state index is 13.4. The predicted molar refractivity (Wildman–Crippen MR) is 114 cm³/mol. The Kier molecular flexibility index (Phi) is 4.39. The number of fused-ring (bicyclic) bond motifs is 1. The first-order valence-corrected chi connectivity index (χ1v) is 11.9. The number of sulfonamides is 1. The number of rotatable bonds is 5. The lowest BCUT2D eigenvalue weighted by molar-refractivity contribution is -0.156. The van der Waals surface area contributed by atoms with Gasteiger partial charge in [-0.1, -0.05) is 23.9 Å². The molecule has 0 spiro atoms. The molecule has 0 bridgehead atoms. The summed E-state index contributed by atoms with van der Waals surface area (Å²) in [7, 11) is -3.94. The molecule has 9 nitrogen and oxygen atoms in total. The van der Waals surface area contributed by atoms with Gasteiger partial charge in [0.1, 0.15) is 11.1 Å². The van der Waals surface area contributed by atoms with Crippen LogP contribution in [0.4, 0.5) is 5.69 Å². The van der Waals surface area contributed by atoms with Crippen molar-refractivity contribution in [3.63, 3.8) is 0 Å².